The quantitative estimate of drug-likeness (QED) is 0.562. The van der Waals surface area contributed by atoms with E-state index >= 15 is 0 Å². The minimum absolute atomic E-state index is 0.158. The van der Waals surface area contributed by atoms with Gasteiger partial charge in [-0.1, -0.05) is 28.4 Å². The van der Waals surface area contributed by atoms with Gasteiger partial charge in [0.15, 0.2) is 5.79 Å². The second-order valence-electron chi connectivity index (χ2n) is 6.14. The Morgan fingerprint density at radius 2 is 2.28 bits per heavy atom. The van der Waals surface area contributed by atoms with Crippen molar-refractivity contribution in [3.63, 3.8) is 0 Å². The SMILES string of the molecule is CC1(C)OCC(CO/N=C(\Cn2ccnc2)c2ccc(Cl)cc2Cl)O1. The Balaban J connectivity index is 1.74. The van der Waals surface area contributed by atoms with Crippen molar-refractivity contribution in [2.75, 3.05) is 13.2 Å². The third kappa shape index (κ3) is 4.95. The molecule has 0 aliphatic carbocycles. The number of hydrogen-bond acceptors (Lipinski definition) is 5. The van der Waals surface area contributed by atoms with E-state index < -0.39 is 5.79 Å². The number of oxime groups is 1. The fourth-order valence-electron chi connectivity index (χ4n) is 2.48. The Bertz CT molecular complexity index is 748. The maximum atomic E-state index is 6.32. The molecular weight excluding hydrogens is 365 g/mol. The molecule has 1 fully saturated rings. The van der Waals surface area contributed by atoms with Crippen molar-refractivity contribution >= 4 is 28.9 Å². The highest BCUT2D eigenvalue weighted by molar-refractivity contribution is 6.37. The van der Waals surface area contributed by atoms with Crippen LogP contribution in [0.15, 0.2) is 42.1 Å². The van der Waals surface area contributed by atoms with Gasteiger partial charge in [-0.3, -0.25) is 0 Å². The third-order valence-electron chi connectivity index (χ3n) is 3.64. The highest BCUT2D eigenvalue weighted by Crippen LogP contribution is 2.24. The van der Waals surface area contributed by atoms with E-state index in [0.717, 1.165) is 5.56 Å². The van der Waals surface area contributed by atoms with Gasteiger partial charge in [0.2, 0.25) is 0 Å². The van der Waals surface area contributed by atoms with E-state index in [4.69, 9.17) is 37.5 Å². The van der Waals surface area contributed by atoms with E-state index in [9.17, 15) is 0 Å². The molecule has 0 N–H and O–H groups in total. The number of benzene rings is 1. The molecule has 2 aromatic rings. The standard InChI is InChI=1S/C17H19Cl2N3O3/c1-17(2)23-9-13(25-17)10-24-21-16(8-22-6-5-20-11-22)14-4-3-12(18)7-15(14)19/h3-7,11,13H,8-10H2,1-2H3/b21-16+. The molecule has 1 aliphatic rings. The summed E-state index contributed by atoms with van der Waals surface area (Å²) < 4.78 is 13.1. The fraction of sp³-hybridized carbons (Fsp3) is 0.412. The summed E-state index contributed by atoms with van der Waals surface area (Å²) >= 11 is 12.3. The number of halogens is 2. The molecule has 1 unspecified atom stereocenters. The summed E-state index contributed by atoms with van der Waals surface area (Å²) in [6.07, 6.45) is 5.09. The molecule has 1 aromatic carbocycles. The molecule has 1 atom stereocenters. The van der Waals surface area contributed by atoms with Crippen molar-refractivity contribution in [3.8, 4) is 0 Å². The van der Waals surface area contributed by atoms with Gasteiger partial charge in [0.1, 0.15) is 18.4 Å². The minimum Gasteiger partial charge on any atom is -0.393 e. The second-order valence-corrected chi connectivity index (χ2v) is 6.99. The van der Waals surface area contributed by atoms with E-state index in [2.05, 4.69) is 10.1 Å². The Morgan fingerprint density at radius 1 is 1.44 bits per heavy atom. The number of ether oxygens (including phenoxy) is 2. The summed E-state index contributed by atoms with van der Waals surface area (Å²) in [6, 6.07) is 5.27. The van der Waals surface area contributed by atoms with Crippen molar-refractivity contribution < 1.29 is 14.3 Å². The monoisotopic (exact) mass is 383 g/mol. The Labute approximate surface area is 156 Å². The third-order valence-corrected chi connectivity index (χ3v) is 4.18. The molecular formula is C17H19Cl2N3O3. The molecule has 1 aliphatic heterocycles. The molecule has 0 radical (unpaired) electrons. The minimum atomic E-state index is -0.586. The first-order valence-corrected chi connectivity index (χ1v) is 8.60. The van der Waals surface area contributed by atoms with Crippen molar-refractivity contribution in [2.24, 2.45) is 5.16 Å². The van der Waals surface area contributed by atoms with Crippen molar-refractivity contribution in [1.29, 1.82) is 0 Å². The van der Waals surface area contributed by atoms with Crippen molar-refractivity contribution in [1.82, 2.24) is 9.55 Å². The van der Waals surface area contributed by atoms with Crippen LogP contribution in [0, 0.1) is 0 Å². The molecule has 3 rings (SSSR count). The number of hydrogen-bond donors (Lipinski definition) is 0. The number of aromatic nitrogens is 2. The predicted molar refractivity (Wildman–Crippen MR) is 96.1 cm³/mol. The van der Waals surface area contributed by atoms with Crippen LogP contribution in [-0.4, -0.2) is 40.4 Å². The Morgan fingerprint density at radius 3 is 2.92 bits per heavy atom. The maximum absolute atomic E-state index is 6.32. The van der Waals surface area contributed by atoms with Gasteiger partial charge in [0.05, 0.1) is 24.5 Å². The zero-order chi connectivity index (χ0) is 17.9. The van der Waals surface area contributed by atoms with E-state index in [1.54, 1.807) is 24.7 Å². The lowest BCUT2D eigenvalue weighted by Gasteiger charge is -2.16. The van der Waals surface area contributed by atoms with Crippen LogP contribution >= 0.6 is 23.2 Å². The molecule has 134 valence electrons. The molecule has 0 saturated carbocycles. The Kier molecular flexibility index (Phi) is 5.64. The normalized spacial score (nSPS) is 20.0. The van der Waals surface area contributed by atoms with Gasteiger partial charge in [-0.15, -0.1) is 0 Å². The highest BCUT2D eigenvalue weighted by atomic mass is 35.5. The zero-order valence-electron chi connectivity index (χ0n) is 14.0. The van der Waals surface area contributed by atoms with Gasteiger partial charge in [-0.05, 0) is 32.0 Å². The first-order chi connectivity index (χ1) is 11.9. The van der Waals surface area contributed by atoms with Crippen molar-refractivity contribution in [3.05, 3.63) is 52.5 Å². The van der Waals surface area contributed by atoms with Gasteiger partial charge >= 0.3 is 0 Å². The summed E-state index contributed by atoms with van der Waals surface area (Å²) in [5.74, 6) is -0.586. The van der Waals surface area contributed by atoms with Gasteiger partial charge in [0.25, 0.3) is 0 Å². The van der Waals surface area contributed by atoms with Gasteiger partial charge < -0.3 is 18.9 Å². The first kappa shape index (κ1) is 18.2. The summed E-state index contributed by atoms with van der Waals surface area (Å²) in [5.41, 5.74) is 1.42. The highest BCUT2D eigenvalue weighted by Gasteiger charge is 2.33. The maximum Gasteiger partial charge on any atom is 0.163 e. The molecule has 0 bridgehead atoms. The lowest BCUT2D eigenvalue weighted by Crippen LogP contribution is -2.23. The molecule has 8 heteroatoms. The molecule has 25 heavy (non-hydrogen) atoms. The van der Waals surface area contributed by atoms with E-state index in [1.807, 2.05) is 30.7 Å². The lowest BCUT2D eigenvalue weighted by molar-refractivity contribution is -0.145. The largest absolute Gasteiger partial charge is 0.393 e. The first-order valence-electron chi connectivity index (χ1n) is 7.85. The zero-order valence-corrected chi connectivity index (χ0v) is 15.5. The van der Waals surface area contributed by atoms with Crippen LogP contribution in [0.2, 0.25) is 10.0 Å². The van der Waals surface area contributed by atoms with Gasteiger partial charge in [-0.25, -0.2) is 4.98 Å². The Hall–Kier alpha value is -1.60. The molecule has 0 spiro atoms. The molecule has 1 saturated heterocycles. The molecule has 1 aromatic heterocycles. The van der Waals surface area contributed by atoms with Crippen LogP contribution in [0.1, 0.15) is 19.4 Å². The summed E-state index contributed by atoms with van der Waals surface area (Å²) in [4.78, 5) is 9.56. The number of nitrogens with zero attached hydrogens (tertiary/aromatic N) is 3. The van der Waals surface area contributed by atoms with E-state index in [1.165, 1.54) is 0 Å². The van der Waals surface area contributed by atoms with Crippen LogP contribution in [0.4, 0.5) is 0 Å². The van der Waals surface area contributed by atoms with Crippen LogP contribution in [0.25, 0.3) is 0 Å². The van der Waals surface area contributed by atoms with E-state index in [-0.39, 0.29) is 6.10 Å². The van der Waals surface area contributed by atoms with Crippen molar-refractivity contribution in [2.45, 2.75) is 32.3 Å². The second kappa shape index (κ2) is 7.74. The smallest absolute Gasteiger partial charge is 0.163 e. The fourth-order valence-corrected chi connectivity index (χ4v) is 3.00. The average Bonchev–Trinajstić information content (AvgIpc) is 3.16. The average molecular weight is 384 g/mol. The van der Waals surface area contributed by atoms with Gasteiger partial charge in [0, 0.05) is 23.0 Å². The van der Waals surface area contributed by atoms with E-state index in [0.29, 0.717) is 35.5 Å². The summed E-state index contributed by atoms with van der Waals surface area (Å²) in [7, 11) is 0. The summed E-state index contributed by atoms with van der Waals surface area (Å²) in [6.45, 7) is 4.97. The van der Waals surface area contributed by atoms with Gasteiger partial charge in [-0.2, -0.15) is 0 Å². The molecule has 6 nitrogen and oxygen atoms in total. The predicted octanol–water partition coefficient (Wildman–Crippen LogP) is 3.76. The van der Waals surface area contributed by atoms with Crippen LogP contribution in [0.3, 0.4) is 0 Å². The number of rotatable bonds is 6. The van der Waals surface area contributed by atoms with Crippen LogP contribution in [0.5, 0.6) is 0 Å². The topological polar surface area (TPSA) is 57.9 Å². The van der Waals surface area contributed by atoms with Crippen LogP contribution < -0.4 is 0 Å². The number of imidazole rings is 1. The lowest BCUT2D eigenvalue weighted by atomic mass is 10.1. The summed E-state index contributed by atoms with van der Waals surface area (Å²) in [5, 5.41) is 5.35. The van der Waals surface area contributed by atoms with Crippen LogP contribution in [-0.2, 0) is 20.9 Å². The molecule has 2 heterocycles. The molecule has 0 amide bonds.